The largest absolute Gasteiger partial charge is 0.505 e. The standard InChI is InChI=1S/C18H22ClN3O/c1-4-15(18(23)14(19)9-12(2)3)22-11-13-5-6-16-17(10-13)21-8-7-20-16/h4-8,10,12,22-23H,9,11H2,1-3H3/b15-4+,18-14-. The molecule has 4 nitrogen and oxygen atoms in total. The Morgan fingerprint density at radius 3 is 2.61 bits per heavy atom. The average Bonchev–Trinajstić information content (AvgIpc) is 2.54. The van der Waals surface area contributed by atoms with Crippen LogP contribution in [0.4, 0.5) is 0 Å². The van der Waals surface area contributed by atoms with Gasteiger partial charge in [0.25, 0.3) is 0 Å². The number of aromatic nitrogens is 2. The van der Waals surface area contributed by atoms with Gasteiger partial charge in [-0.25, -0.2) is 0 Å². The summed E-state index contributed by atoms with van der Waals surface area (Å²) in [7, 11) is 0. The van der Waals surface area contributed by atoms with Crippen molar-refractivity contribution in [3.63, 3.8) is 0 Å². The molecule has 122 valence electrons. The SMILES string of the molecule is C/C=C(NCc1ccc2nccnc2c1)\C(O)=C(\Cl)CC(C)C. The zero-order valence-corrected chi connectivity index (χ0v) is 14.4. The third-order valence-corrected chi connectivity index (χ3v) is 3.74. The first-order valence-electron chi connectivity index (χ1n) is 7.69. The highest BCUT2D eigenvalue weighted by Crippen LogP contribution is 2.21. The summed E-state index contributed by atoms with van der Waals surface area (Å²) in [6.45, 7) is 6.56. The second-order valence-electron chi connectivity index (χ2n) is 5.79. The maximum Gasteiger partial charge on any atom is 0.152 e. The van der Waals surface area contributed by atoms with Crippen LogP contribution in [0.1, 0.15) is 32.8 Å². The zero-order valence-electron chi connectivity index (χ0n) is 13.7. The maximum atomic E-state index is 10.3. The molecule has 0 amide bonds. The third kappa shape index (κ3) is 4.70. The number of hydrogen-bond donors (Lipinski definition) is 2. The van der Waals surface area contributed by atoms with E-state index in [1.54, 1.807) is 12.4 Å². The van der Waals surface area contributed by atoms with Gasteiger partial charge < -0.3 is 10.4 Å². The molecule has 0 spiro atoms. The van der Waals surface area contributed by atoms with E-state index in [4.69, 9.17) is 11.6 Å². The van der Waals surface area contributed by atoms with Crippen LogP contribution in [0.15, 0.2) is 53.2 Å². The minimum Gasteiger partial charge on any atom is -0.505 e. The minimum atomic E-state index is 0.114. The molecule has 1 aromatic heterocycles. The second-order valence-corrected chi connectivity index (χ2v) is 6.24. The normalized spacial score (nSPS) is 13.3. The van der Waals surface area contributed by atoms with Crippen LogP contribution in [0.2, 0.25) is 0 Å². The molecule has 0 atom stereocenters. The summed E-state index contributed by atoms with van der Waals surface area (Å²) in [6.07, 6.45) is 5.83. The predicted octanol–water partition coefficient (Wildman–Crippen LogP) is 4.68. The van der Waals surface area contributed by atoms with E-state index in [0.717, 1.165) is 16.6 Å². The number of nitrogens with zero attached hydrogens (tertiary/aromatic N) is 2. The van der Waals surface area contributed by atoms with Gasteiger partial charge in [0.05, 0.1) is 21.8 Å². The first kappa shape index (κ1) is 17.3. The van der Waals surface area contributed by atoms with Crippen molar-refractivity contribution in [3.05, 3.63) is 58.7 Å². The molecule has 2 N–H and O–H groups in total. The highest BCUT2D eigenvalue weighted by molar-refractivity contribution is 6.30. The van der Waals surface area contributed by atoms with Gasteiger partial charge in [0.1, 0.15) is 0 Å². The Balaban J connectivity index is 2.10. The van der Waals surface area contributed by atoms with Crippen molar-refractivity contribution in [2.24, 2.45) is 5.92 Å². The summed E-state index contributed by atoms with van der Waals surface area (Å²) in [5.74, 6) is 0.505. The van der Waals surface area contributed by atoms with Crippen LogP contribution in [0.5, 0.6) is 0 Å². The summed E-state index contributed by atoms with van der Waals surface area (Å²) >= 11 is 6.19. The fourth-order valence-corrected chi connectivity index (χ4v) is 2.65. The summed E-state index contributed by atoms with van der Waals surface area (Å²) in [4.78, 5) is 8.55. The molecule has 23 heavy (non-hydrogen) atoms. The Hall–Kier alpha value is -2.07. The van der Waals surface area contributed by atoms with E-state index in [0.29, 0.717) is 29.6 Å². The molecule has 0 bridgehead atoms. The van der Waals surface area contributed by atoms with Gasteiger partial charge in [0.2, 0.25) is 0 Å². The maximum absolute atomic E-state index is 10.3. The number of aliphatic hydroxyl groups excluding tert-OH is 1. The Kier molecular flexibility index (Phi) is 5.99. The topological polar surface area (TPSA) is 58.0 Å². The minimum absolute atomic E-state index is 0.114. The third-order valence-electron chi connectivity index (χ3n) is 3.40. The van der Waals surface area contributed by atoms with Gasteiger partial charge in [-0.1, -0.05) is 37.6 Å². The number of nitrogens with one attached hydrogen (secondary N) is 1. The van der Waals surface area contributed by atoms with E-state index in [1.807, 2.05) is 31.2 Å². The summed E-state index contributed by atoms with van der Waals surface area (Å²) in [5.41, 5.74) is 3.41. The van der Waals surface area contributed by atoms with Crippen molar-refractivity contribution in [1.29, 1.82) is 0 Å². The molecule has 0 aliphatic rings. The quantitative estimate of drug-likeness (QED) is 0.596. The fourth-order valence-electron chi connectivity index (χ4n) is 2.24. The molecule has 0 radical (unpaired) electrons. The van der Waals surface area contributed by atoms with E-state index in [-0.39, 0.29) is 5.76 Å². The molecule has 0 saturated carbocycles. The molecular formula is C18H22ClN3O. The lowest BCUT2D eigenvalue weighted by Gasteiger charge is -2.13. The van der Waals surface area contributed by atoms with Crippen LogP contribution >= 0.6 is 11.6 Å². The number of halogens is 1. The molecule has 0 aliphatic heterocycles. The molecule has 0 saturated heterocycles. The van der Waals surface area contributed by atoms with Crippen molar-refractivity contribution in [3.8, 4) is 0 Å². The summed E-state index contributed by atoms with van der Waals surface area (Å²) < 4.78 is 0. The first-order chi connectivity index (χ1) is 11.0. The van der Waals surface area contributed by atoms with Crippen LogP contribution in [0.25, 0.3) is 11.0 Å². The van der Waals surface area contributed by atoms with E-state index < -0.39 is 0 Å². The Labute approximate surface area is 141 Å². The molecular weight excluding hydrogens is 310 g/mol. The number of benzene rings is 1. The van der Waals surface area contributed by atoms with Gasteiger partial charge >= 0.3 is 0 Å². The average molecular weight is 332 g/mol. The lowest BCUT2D eigenvalue weighted by Crippen LogP contribution is -2.15. The molecule has 1 aromatic carbocycles. The second kappa shape index (κ2) is 7.97. The Morgan fingerprint density at radius 1 is 1.26 bits per heavy atom. The van der Waals surface area contributed by atoms with E-state index in [2.05, 4.69) is 29.1 Å². The molecule has 0 unspecified atom stereocenters. The Morgan fingerprint density at radius 2 is 1.96 bits per heavy atom. The van der Waals surface area contributed by atoms with Gasteiger partial charge in [-0.05, 0) is 37.0 Å². The zero-order chi connectivity index (χ0) is 16.8. The molecule has 0 aliphatic carbocycles. The van der Waals surface area contributed by atoms with Gasteiger partial charge in [-0.15, -0.1) is 0 Å². The number of rotatable bonds is 6. The van der Waals surface area contributed by atoms with E-state index in [1.165, 1.54) is 0 Å². The summed E-state index contributed by atoms with van der Waals surface area (Å²) in [6, 6.07) is 5.92. The van der Waals surface area contributed by atoms with Crippen molar-refractivity contribution < 1.29 is 5.11 Å². The van der Waals surface area contributed by atoms with Crippen molar-refractivity contribution >= 4 is 22.6 Å². The van der Waals surface area contributed by atoms with Gasteiger partial charge in [0.15, 0.2) is 5.76 Å². The predicted molar refractivity (Wildman–Crippen MR) is 95.1 cm³/mol. The number of aliphatic hydroxyl groups is 1. The van der Waals surface area contributed by atoms with Crippen molar-refractivity contribution in [1.82, 2.24) is 15.3 Å². The molecule has 0 fully saturated rings. The highest BCUT2D eigenvalue weighted by atomic mass is 35.5. The van der Waals surface area contributed by atoms with Crippen LogP contribution in [-0.2, 0) is 6.54 Å². The Bertz CT molecular complexity index is 738. The molecule has 2 aromatic rings. The van der Waals surface area contributed by atoms with E-state index >= 15 is 0 Å². The molecule has 1 heterocycles. The smallest absolute Gasteiger partial charge is 0.152 e. The lowest BCUT2D eigenvalue weighted by molar-refractivity contribution is 0.405. The fraction of sp³-hybridized carbons (Fsp3) is 0.333. The molecule has 2 rings (SSSR count). The summed E-state index contributed by atoms with van der Waals surface area (Å²) in [5, 5.41) is 14.0. The van der Waals surface area contributed by atoms with Gasteiger partial charge in [-0.3, -0.25) is 9.97 Å². The van der Waals surface area contributed by atoms with Gasteiger partial charge in [-0.2, -0.15) is 0 Å². The monoisotopic (exact) mass is 331 g/mol. The number of hydrogen-bond acceptors (Lipinski definition) is 4. The van der Waals surface area contributed by atoms with E-state index in [9.17, 15) is 5.11 Å². The van der Waals surface area contributed by atoms with Crippen molar-refractivity contribution in [2.45, 2.75) is 33.7 Å². The van der Waals surface area contributed by atoms with Crippen LogP contribution in [0, 0.1) is 5.92 Å². The van der Waals surface area contributed by atoms with Crippen LogP contribution in [-0.4, -0.2) is 15.1 Å². The number of fused-ring (bicyclic) bond motifs is 1. The van der Waals surface area contributed by atoms with Gasteiger partial charge in [0, 0.05) is 18.9 Å². The highest BCUT2D eigenvalue weighted by Gasteiger charge is 2.10. The molecule has 5 heteroatoms. The van der Waals surface area contributed by atoms with Crippen molar-refractivity contribution in [2.75, 3.05) is 0 Å². The number of allylic oxidation sites excluding steroid dienone is 2. The van der Waals surface area contributed by atoms with Crippen LogP contribution < -0.4 is 5.32 Å². The lowest BCUT2D eigenvalue weighted by atomic mass is 10.1. The van der Waals surface area contributed by atoms with Crippen LogP contribution in [0.3, 0.4) is 0 Å². The first-order valence-corrected chi connectivity index (χ1v) is 8.07.